The van der Waals surface area contributed by atoms with Gasteiger partial charge < -0.3 is 14.3 Å². The standard InChI is InChI=1S/C21H23N5O3/c1-13-18(14(2)29-23-13)12-25-16-7-6-15(20(25)27)10-24(11-16)21(28)17-9-22-26-8-4-3-5-19(17)26/h3-5,8-9,15-16H,6-7,10-12H2,1-2H3/t15-,16+/m1/s1. The van der Waals surface area contributed by atoms with E-state index in [1.807, 2.05) is 48.0 Å². The summed E-state index contributed by atoms with van der Waals surface area (Å²) in [6.07, 6.45) is 5.17. The molecule has 150 valence electrons. The zero-order chi connectivity index (χ0) is 20.1. The van der Waals surface area contributed by atoms with Gasteiger partial charge in [-0.25, -0.2) is 4.52 Å². The maximum atomic E-state index is 13.3. The Morgan fingerprint density at radius 3 is 2.90 bits per heavy atom. The van der Waals surface area contributed by atoms with Crippen LogP contribution in [0.15, 0.2) is 35.1 Å². The lowest BCUT2D eigenvalue weighted by Gasteiger charge is -2.35. The summed E-state index contributed by atoms with van der Waals surface area (Å²) in [6.45, 7) is 5.25. The monoisotopic (exact) mass is 393 g/mol. The van der Waals surface area contributed by atoms with E-state index in [-0.39, 0.29) is 23.8 Å². The van der Waals surface area contributed by atoms with Crippen molar-refractivity contribution >= 4 is 17.3 Å². The number of aryl methyl sites for hydroxylation is 2. The molecule has 2 atom stereocenters. The number of rotatable bonds is 3. The quantitative estimate of drug-likeness (QED) is 0.681. The molecule has 8 nitrogen and oxygen atoms in total. The zero-order valence-corrected chi connectivity index (χ0v) is 16.5. The van der Waals surface area contributed by atoms with Crippen molar-refractivity contribution in [2.24, 2.45) is 5.92 Å². The van der Waals surface area contributed by atoms with Crippen LogP contribution in [0.25, 0.3) is 5.52 Å². The number of pyridine rings is 1. The Kier molecular flexibility index (Phi) is 4.15. The highest BCUT2D eigenvalue weighted by molar-refractivity contribution is 6.01. The van der Waals surface area contributed by atoms with Crippen molar-refractivity contribution in [2.45, 2.75) is 39.3 Å². The van der Waals surface area contributed by atoms with E-state index in [4.69, 9.17) is 4.52 Å². The number of amides is 2. The lowest BCUT2D eigenvalue weighted by atomic mass is 9.93. The Labute approximate surface area is 168 Å². The largest absolute Gasteiger partial charge is 0.361 e. The van der Waals surface area contributed by atoms with Gasteiger partial charge in [-0.1, -0.05) is 11.2 Å². The van der Waals surface area contributed by atoms with Gasteiger partial charge in [-0.15, -0.1) is 0 Å². The first-order chi connectivity index (χ1) is 14.0. The highest BCUT2D eigenvalue weighted by Gasteiger charge is 2.42. The van der Waals surface area contributed by atoms with Crippen LogP contribution in [0.1, 0.15) is 40.2 Å². The van der Waals surface area contributed by atoms with Crippen LogP contribution in [0.4, 0.5) is 0 Å². The summed E-state index contributed by atoms with van der Waals surface area (Å²) in [4.78, 5) is 30.2. The Morgan fingerprint density at radius 2 is 2.10 bits per heavy atom. The van der Waals surface area contributed by atoms with Crippen molar-refractivity contribution in [3.8, 4) is 0 Å². The van der Waals surface area contributed by atoms with E-state index in [1.54, 1.807) is 10.7 Å². The topological polar surface area (TPSA) is 84.0 Å². The number of fused-ring (bicyclic) bond motifs is 5. The molecule has 8 heteroatoms. The van der Waals surface area contributed by atoms with E-state index in [9.17, 15) is 9.59 Å². The van der Waals surface area contributed by atoms with Gasteiger partial charge in [0.2, 0.25) is 5.91 Å². The molecule has 3 aromatic heterocycles. The molecule has 0 radical (unpaired) electrons. The van der Waals surface area contributed by atoms with E-state index in [0.717, 1.165) is 35.4 Å². The minimum absolute atomic E-state index is 0.000684. The van der Waals surface area contributed by atoms with E-state index in [1.165, 1.54) is 0 Å². The van der Waals surface area contributed by atoms with Crippen LogP contribution in [-0.4, -0.2) is 55.5 Å². The van der Waals surface area contributed by atoms with Gasteiger partial charge in [0, 0.05) is 30.9 Å². The van der Waals surface area contributed by atoms with Gasteiger partial charge in [-0.2, -0.15) is 5.10 Å². The van der Waals surface area contributed by atoms with Crippen LogP contribution in [0.5, 0.6) is 0 Å². The first-order valence-electron chi connectivity index (χ1n) is 9.97. The molecule has 3 aliphatic rings. The second-order valence-corrected chi connectivity index (χ2v) is 8.00. The minimum atomic E-state index is -0.167. The van der Waals surface area contributed by atoms with Crippen molar-refractivity contribution in [1.29, 1.82) is 0 Å². The SMILES string of the molecule is Cc1noc(C)c1CN1C(=O)[C@@H]2CC[C@H]1CN(C(=O)c1cnn3ccccc13)C2. The van der Waals surface area contributed by atoms with E-state index in [2.05, 4.69) is 10.3 Å². The average Bonchev–Trinajstić information content (AvgIpc) is 3.16. The zero-order valence-electron chi connectivity index (χ0n) is 16.5. The van der Waals surface area contributed by atoms with Crippen molar-refractivity contribution in [2.75, 3.05) is 13.1 Å². The predicted molar refractivity (Wildman–Crippen MR) is 104 cm³/mol. The molecule has 2 amide bonds. The summed E-state index contributed by atoms with van der Waals surface area (Å²) >= 11 is 0. The van der Waals surface area contributed by atoms with Gasteiger partial charge in [0.1, 0.15) is 5.76 Å². The molecule has 2 bridgehead atoms. The fraction of sp³-hybridized carbons (Fsp3) is 0.429. The molecule has 0 unspecified atom stereocenters. The van der Waals surface area contributed by atoms with Gasteiger partial charge in [0.15, 0.2) is 0 Å². The molecule has 3 aromatic rings. The number of piperidine rings is 1. The van der Waals surface area contributed by atoms with Crippen molar-refractivity contribution in [3.05, 3.63) is 53.2 Å². The number of hydrogen-bond acceptors (Lipinski definition) is 5. The number of hydrogen-bond donors (Lipinski definition) is 0. The van der Waals surface area contributed by atoms with Crippen LogP contribution >= 0.6 is 0 Å². The van der Waals surface area contributed by atoms with E-state index in [0.29, 0.717) is 25.2 Å². The second kappa shape index (κ2) is 6.72. The maximum absolute atomic E-state index is 13.3. The Morgan fingerprint density at radius 1 is 1.24 bits per heavy atom. The first-order valence-corrected chi connectivity index (χ1v) is 9.97. The minimum Gasteiger partial charge on any atom is -0.361 e. The highest BCUT2D eigenvalue weighted by Crippen LogP contribution is 2.32. The Bertz CT molecular complexity index is 1080. The molecular formula is C21H23N5O3. The lowest BCUT2D eigenvalue weighted by Crippen LogP contribution is -2.47. The fourth-order valence-electron chi connectivity index (χ4n) is 4.58. The smallest absolute Gasteiger partial charge is 0.257 e. The van der Waals surface area contributed by atoms with Crippen molar-refractivity contribution in [3.63, 3.8) is 0 Å². The van der Waals surface area contributed by atoms with Crippen LogP contribution < -0.4 is 0 Å². The van der Waals surface area contributed by atoms with Crippen LogP contribution in [0.3, 0.4) is 0 Å². The summed E-state index contributed by atoms with van der Waals surface area (Å²) in [7, 11) is 0. The van der Waals surface area contributed by atoms with Gasteiger partial charge in [0.25, 0.3) is 5.91 Å². The van der Waals surface area contributed by atoms with E-state index >= 15 is 0 Å². The normalized spacial score (nSPS) is 21.8. The molecule has 29 heavy (non-hydrogen) atoms. The fourth-order valence-corrected chi connectivity index (χ4v) is 4.58. The highest BCUT2D eigenvalue weighted by atomic mass is 16.5. The molecule has 3 fully saturated rings. The van der Waals surface area contributed by atoms with Crippen molar-refractivity contribution in [1.82, 2.24) is 24.6 Å². The summed E-state index contributed by atoms with van der Waals surface area (Å²) in [5, 5.41) is 8.30. The predicted octanol–water partition coefficient (Wildman–Crippen LogP) is 2.20. The molecule has 0 aliphatic carbocycles. The Hall–Kier alpha value is -3.16. The van der Waals surface area contributed by atoms with Gasteiger partial charge >= 0.3 is 0 Å². The number of carbonyl (C=O) groups excluding carboxylic acids is 2. The molecule has 0 N–H and O–H groups in total. The molecule has 3 aliphatic heterocycles. The van der Waals surface area contributed by atoms with Crippen molar-refractivity contribution < 1.29 is 14.1 Å². The Balaban J connectivity index is 1.42. The van der Waals surface area contributed by atoms with Crippen LogP contribution in [-0.2, 0) is 11.3 Å². The average molecular weight is 393 g/mol. The molecule has 6 rings (SSSR count). The summed E-state index contributed by atoms with van der Waals surface area (Å²) in [5.41, 5.74) is 3.14. The van der Waals surface area contributed by atoms with Gasteiger partial charge in [-0.3, -0.25) is 9.59 Å². The molecule has 0 aromatic carbocycles. The molecule has 0 spiro atoms. The van der Waals surface area contributed by atoms with Gasteiger partial charge in [-0.05, 0) is 38.8 Å². The molecule has 0 saturated carbocycles. The summed E-state index contributed by atoms with van der Waals surface area (Å²) in [5.74, 6) is 0.640. The molecule has 6 heterocycles. The number of aromatic nitrogens is 3. The number of carbonyl (C=O) groups is 2. The maximum Gasteiger partial charge on any atom is 0.257 e. The lowest BCUT2D eigenvalue weighted by molar-refractivity contribution is -0.140. The van der Waals surface area contributed by atoms with Crippen LogP contribution in [0, 0.1) is 19.8 Å². The second-order valence-electron chi connectivity index (χ2n) is 8.00. The van der Waals surface area contributed by atoms with Gasteiger partial charge in [0.05, 0.1) is 35.4 Å². The third-order valence-electron chi connectivity index (χ3n) is 6.25. The summed E-state index contributed by atoms with van der Waals surface area (Å²) < 4.78 is 6.97. The number of nitrogens with zero attached hydrogens (tertiary/aromatic N) is 5. The van der Waals surface area contributed by atoms with E-state index < -0.39 is 0 Å². The molecular weight excluding hydrogens is 370 g/mol. The molecule has 3 saturated heterocycles. The third-order valence-corrected chi connectivity index (χ3v) is 6.25. The van der Waals surface area contributed by atoms with Crippen LogP contribution in [0.2, 0.25) is 0 Å². The summed E-state index contributed by atoms with van der Waals surface area (Å²) in [6, 6.07) is 5.67. The first kappa shape index (κ1) is 17.9. The third kappa shape index (κ3) is 2.90.